The Morgan fingerprint density at radius 1 is 1.47 bits per heavy atom. The van der Waals surface area contributed by atoms with Crippen molar-refractivity contribution in [3.05, 3.63) is 24.3 Å². The van der Waals surface area contributed by atoms with E-state index in [0.717, 1.165) is 18.3 Å². The zero-order chi connectivity index (χ0) is 10.7. The van der Waals surface area contributed by atoms with Gasteiger partial charge in [-0.05, 0) is 44.7 Å². The first kappa shape index (κ1) is 10.3. The Morgan fingerprint density at radius 2 is 2.27 bits per heavy atom. The van der Waals surface area contributed by atoms with Gasteiger partial charge in [-0.3, -0.25) is 0 Å². The van der Waals surface area contributed by atoms with Crippen molar-refractivity contribution in [2.45, 2.75) is 32.7 Å². The molecule has 1 aliphatic carbocycles. The van der Waals surface area contributed by atoms with E-state index in [0.29, 0.717) is 6.04 Å². The van der Waals surface area contributed by atoms with Gasteiger partial charge in [0.1, 0.15) is 5.75 Å². The van der Waals surface area contributed by atoms with E-state index in [2.05, 4.69) is 24.4 Å². The fraction of sp³-hybridized carbons (Fsp3) is 0.538. The van der Waals surface area contributed by atoms with Crippen LogP contribution in [0.5, 0.6) is 5.75 Å². The summed E-state index contributed by atoms with van der Waals surface area (Å²) in [6, 6.07) is 8.79. The summed E-state index contributed by atoms with van der Waals surface area (Å²) in [6.45, 7) is 4.99. The standard InChI is InChI=1S/C13H19NO/c1-3-15-13-6-4-5-12(9-13)14-10(2)11-7-8-11/h4-6,9-11,14H,3,7-8H2,1-2H3/t10-/m0/s1. The van der Waals surface area contributed by atoms with Crippen molar-refractivity contribution in [2.24, 2.45) is 5.92 Å². The van der Waals surface area contributed by atoms with Crippen LogP contribution in [0.3, 0.4) is 0 Å². The lowest BCUT2D eigenvalue weighted by atomic mass is 10.2. The lowest BCUT2D eigenvalue weighted by Crippen LogP contribution is -2.17. The van der Waals surface area contributed by atoms with Crippen molar-refractivity contribution in [2.75, 3.05) is 11.9 Å². The Labute approximate surface area is 91.6 Å². The Kier molecular flexibility index (Phi) is 3.14. The third-order valence-electron chi connectivity index (χ3n) is 2.87. The summed E-state index contributed by atoms with van der Waals surface area (Å²) >= 11 is 0. The Morgan fingerprint density at radius 3 is 2.93 bits per heavy atom. The van der Waals surface area contributed by atoms with Gasteiger partial charge in [0.2, 0.25) is 0 Å². The molecule has 2 heteroatoms. The Bertz CT molecular complexity index is 320. The maximum absolute atomic E-state index is 5.46. The van der Waals surface area contributed by atoms with Gasteiger partial charge in [0.05, 0.1) is 6.61 Å². The average Bonchev–Trinajstić information content (AvgIpc) is 3.01. The van der Waals surface area contributed by atoms with Crippen LogP contribution in [0.1, 0.15) is 26.7 Å². The van der Waals surface area contributed by atoms with Gasteiger partial charge in [-0.1, -0.05) is 6.07 Å². The van der Waals surface area contributed by atoms with E-state index in [1.54, 1.807) is 0 Å². The highest BCUT2D eigenvalue weighted by Crippen LogP contribution is 2.34. The highest BCUT2D eigenvalue weighted by molar-refractivity contribution is 5.49. The van der Waals surface area contributed by atoms with Crippen LogP contribution in [0.2, 0.25) is 0 Å². The zero-order valence-corrected chi connectivity index (χ0v) is 9.49. The fourth-order valence-corrected chi connectivity index (χ4v) is 1.82. The zero-order valence-electron chi connectivity index (χ0n) is 9.49. The largest absolute Gasteiger partial charge is 0.494 e. The quantitative estimate of drug-likeness (QED) is 0.796. The summed E-state index contributed by atoms with van der Waals surface area (Å²) in [5, 5.41) is 3.52. The Hall–Kier alpha value is -1.18. The van der Waals surface area contributed by atoms with Gasteiger partial charge in [-0.2, -0.15) is 0 Å². The van der Waals surface area contributed by atoms with Crippen LogP contribution in [-0.2, 0) is 0 Å². The summed E-state index contributed by atoms with van der Waals surface area (Å²) in [5.74, 6) is 1.83. The van der Waals surface area contributed by atoms with Crippen molar-refractivity contribution in [1.29, 1.82) is 0 Å². The molecule has 0 amide bonds. The number of hydrogen-bond acceptors (Lipinski definition) is 2. The predicted molar refractivity (Wildman–Crippen MR) is 63.4 cm³/mol. The number of hydrogen-bond donors (Lipinski definition) is 1. The van der Waals surface area contributed by atoms with Crippen molar-refractivity contribution in [1.82, 2.24) is 0 Å². The predicted octanol–water partition coefficient (Wildman–Crippen LogP) is 3.30. The molecule has 0 spiro atoms. The van der Waals surface area contributed by atoms with Crippen molar-refractivity contribution in [3.8, 4) is 5.75 Å². The van der Waals surface area contributed by atoms with Crippen LogP contribution in [0.25, 0.3) is 0 Å². The molecule has 1 saturated carbocycles. The van der Waals surface area contributed by atoms with Gasteiger partial charge < -0.3 is 10.1 Å². The average molecular weight is 205 g/mol. The van der Waals surface area contributed by atoms with Gasteiger partial charge in [0.15, 0.2) is 0 Å². The van der Waals surface area contributed by atoms with Crippen LogP contribution in [0.4, 0.5) is 5.69 Å². The minimum absolute atomic E-state index is 0.585. The second kappa shape index (κ2) is 4.56. The second-order valence-corrected chi connectivity index (χ2v) is 4.23. The maximum Gasteiger partial charge on any atom is 0.121 e. The smallest absolute Gasteiger partial charge is 0.121 e. The van der Waals surface area contributed by atoms with Gasteiger partial charge in [0.25, 0.3) is 0 Å². The van der Waals surface area contributed by atoms with Gasteiger partial charge >= 0.3 is 0 Å². The molecule has 2 rings (SSSR count). The number of rotatable bonds is 5. The number of ether oxygens (including phenoxy) is 1. The monoisotopic (exact) mass is 205 g/mol. The number of nitrogens with one attached hydrogen (secondary N) is 1. The normalized spacial score (nSPS) is 17.2. The molecular formula is C13H19NO. The maximum atomic E-state index is 5.46. The molecule has 15 heavy (non-hydrogen) atoms. The third-order valence-corrected chi connectivity index (χ3v) is 2.87. The molecule has 0 aromatic heterocycles. The van der Waals surface area contributed by atoms with Crippen molar-refractivity contribution in [3.63, 3.8) is 0 Å². The number of anilines is 1. The fourth-order valence-electron chi connectivity index (χ4n) is 1.82. The molecule has 82 valence electrons. The summed E-state index contributed by atoms with van der Waals surface area (Å²) < 4.78 is 5.46. The number of benzene rings is 1. The molecule has 0 bridgehead atoms. The van der Waals surface area contributed by atoms with Gasteiger partial charge in [-0.15, -0.1) is 0 Å². The topological polar surface area (TPSA) is 21.3 Å². The van der Waals surface area contributed by atoms with E-state index in [1.807, 2.05) is 19.1 Å². The van der Waals surface area contributed by atoms with Gasteiger partial charge in [-0.25, -0.2) is 0 Å². The molecule has 0 aliphatic heterocycles. The molecule has 1 atom stereocenters. The molecule has 1 N–H and O–H groups in total. The summed E-state index contributed by atoms with van der Waals surface area (Å²) in [6.07, 6.45) is 2.75. The molecule has 0 unspecified atom stereocenters. The molecule has 1 aliphatic rings. The molecule has 1 aromatic carbocycles. The van der Waals surface area contributed by atoms with Crippen LogP contribution >= 0.6 is 0 Å². The molecular weight excluding hydrogens is 186 g/mol. The van der Waals surface area contributed by atoms with Crippen molar-refractivity contribution < 1.29 is 4.74 Å². The third kappa shape index (κ3) is 2.88. The molecule has 0 radical (unpaired) electrons. The first-order valence-electron chi connectivity index (χ1n) is 5.79. The van der Waals surface area contributed by atoms with E-state index >= 15 is 0 Å². The van der Waals surface area contributed by atoms with Crippen LogP contribution in [0, 0.1) is 5.92 Å². The van der Waals surface area contributed by atoms with E-state index in [4.69, 9.17) is 4.74 Å². The SMILES string of the molecule is CCOc1cccc(N[C@@H](C)C2CC2)c1. The minimum atomic E-state index is 0.585. The van der Waals surface area contributed by atoms with E-state index in [1.165, 1.54) is 18.5 Å². The first-order valence-corrected chi connectivity index (χ1v) is 5.79. The lowest BCUT2D eigenvalue weighted by Gasteiger charge is -2.15. The highest BCUT2D eigenvalue weighted by Gasteiger charge is 2.27. The molecule has 1 aromatic rings. The Balaban J connectivity index is 1.97. The molecule has 1 fully saturated rings. The minimum Gasteiger partial charge on any atom is -0.494 e. The van der Waals surface area contributed by atoms with Crippen molar-refractivity contribution >= 4 is 5.69 Å². The van der Waals surface area contributed by atoms with E-state index in [9.17, 15) is 0 Å². The lowest BCUT2D eigenvalue weighted by molar-refractivity contribution is 0.340. The summed E-state index contributed by atoms with van der Waals surface area (Å²) in [5.41, 5.74) is 1.17. The second-order valence-electron chi connectivity index (χ2n) is 4.23. The first-order chi connectivity index (χ1) is 7.29. The van der Waals surface area contributed by atoms with E-state index < -0.39 is 0 Å². The van der Waals surface area contributed by atoms with Gasteiger partial charge in [0, 0.05) is 17.8 Å². The molecule has 0 saturated heterocycles. The van der Waals surface area contributed by atoms with Crippen LogP contribution in [-0.4, -0.2) is 12.6 Å². The highest BCUT2D eigenvalue weighted by atomic mass is 16.5. The molecule has 0 heterocycles. The molecule has 2 nitrogen and oxygen atoms in total. The van der Waals surface area contributed by atoms with Crippen LogP contribution < -0.4 is 10.1 Å². The summed E-state index contributed by atoms with van der Waals surface area (Å²) in [7, 11) is 0. The van der Waals surface area contributed by atoms with Crippen LogP contribution in [0.15, 0.2) is 24.3 Å². The van der Waals surface area contributed by atoms with E-state index in [-0.39, 0.29) is 0 Å². The summed E-state index contributed by atoms with van der Waals surface area (Å²) in [4.78, 5) is 0.